The number of unbranched alkanes of at least 4 members (excludes halogenated alkanes) is 22. The predicted molar refractivity (Wildman–Crippen MR) is 247 cm³/mol. The van der Waals surface area contributed by atoms with Gasteiger partial charge in [0.1, 0.15) is 6.61 Å². The summed E-state index contributed by atoms with van der Waals surface area (Å²) < 4.78 is 33.7. The third kappa shape index (κ3) is 43.9. The van der Waals surface area contributed by atoms with E-state index in [9.17, 15) is 28.6 Å². The first-order chi connectivity index (χ1) is 29.6. The second-order valence-corrected chi connectivity index (χ2v) is 17.7. The van der Waals surface area contributed by atoms with Crippen molar-refractivity contribution in [2.24, 2.45) is 0 Å². The Balaban J connectivity index is 4.58. The van der Waals surface area contributed by atoms with Gasteiger partial charge in [0.15, 0.2) is 6.10 Å². The Bertz CT molecular complexity index is 1180. The maximum atomic E-state index is 12.7. The highest BCUT2D eigenvalue weighted by molar-refractivity contribution is 7.47. The summed E-state index contributed by atoms with van der Waals surface area (Å²) in [5.41, 5.74) is 0. The highest BCUT2D eigenvalue weighted by Gasteiger charge is 2.26. The van der Waals surface area contributed by atoms with Crippen LogP contribution in [-0.2, 0) is 42.3 Å². The lowest BCUT2D eigenvalue weighted by molar-refractivity contribution is -0.161. The number of allylic oxidation sites excluding steroid dienone is 4. The van der Waals surface area contributed by atoms with Gasteiger partial charge in [-0.1, -0.05) is 141 Å². The summed E-state index contributed by atoms with van der Waals surface area (Å²) in [5, 5.41) is 5.24. The highest BCUT2D eigenvalue weighted by atomic mass is 31.2. The molecule has 0 aliphatic rings. The maximum Gasteiger partial charge on any atom is 0.472 e. The molecule has 0 aromatic carbocycles. The Morgan fingerprint density at radius 1 is 0.508 bits per heavy atom. The van der Waals surface area contributed by atoms with Gasteiger partial charge in [0.05, 0.1) is 13.2 Å². The number of amides is 2. The topological polar surface area (TPSA) is 167 Å². The van der Waals surface area contributed by atoms with Gasteiger partial charge in [-0.05, 0) is 77.6 Å². The molecule has 0 spiro atoms. The zero-order valence-corrected chi connectivity index (χ0v) is 39.8. The van der Waals surface area contributed by atoms with E-state index in [1.165, 1.54) is 77.0 Å². The SMILES string of the molecule is CCCCCCCCC=CCCCCCCCC(=O)OCC(COP(=O)(O)OCCNC(=O)CCCC(=O)NCC)OC(=O)CCCCCCCC=CCCCCCCCC. The van der Waals surface area contributed by atoms with E-state index in [2.05, 4.69) is 48.8 Å². The van der Waals surface area contributed by atoms with Crippen molar-refractivity contribution in [2.45, 2.75) is 226 Å². The molecule has 0 rings (SSSR count). The number of hydrogen-bond donors (Lipinski definition) is 3. The highest BCUT2D eigenvalue weighted by Crippen LogP contribution is 2.43. The van der Waals surface area contributed by atoms with Crippen molar-refractivity contribution in [3.8, 4) is 0 Å². The number of rotatable bonds is 45. The van der Waals surface area contributed by atoms with Gasteiger partial charge < -0.3 is 25.0 Å². The van der Waals surface area contributed by atoms with Crippen LogP contribution in [0, 0.1) is 0 Å². The Labute approximate surface area is 371 Å². The second-order valence-electron chi connectivity index (χ2n) is 16.2. The van der Waals surface area contributed by atoms with Crippen molar-refractivity contribution in [2.75, 3.05) is 32.9 Å². The molecule has 0 fully saturated rings. The number of phosphoric ester groups is 1. The predicted octanol–water partition coefficient (Wildman–Crippen LogP) is 12.1. The van der Waals surface area contributed by atoms with Gasteiger partial charge >= 0.3 is 19.8 Å². The molecule has 13 heteroatoms. The van der Waals surface area contributed by atoms with E-state index in [-0.39, 0.29) is 57.3 Å². The molecule has 0 aromatic rings. The lowest BCUT2D eigenvalue weighted by Crippen LogP contribution is -2.30. The van der Waals surface area contributed by atoms with Gasteiger partial charge in [-0.3, -0.25) is 28.2 Å². The van der Waals surface area contributed by atoms with Crippen LogP contribution in [0.15, 0.2) is 24.3 Å². The molecule has 12 nitrogen and oxygen atoms in total. The molecular weight excluding hydrogens is 796 g/mol. The lowest BCUT2D eigenvalue weighted by atomic mass is 10.1. The monoisotopic (exact) mass is 885 g/mol. The van der Waals surface area contributed by atoms with Gasteiger partial charge in [-0.15, -0.1) is 0 Å². The molecule has 61 heavy (non-hydrogen) atoms. The second kappa shape index (κ2) is 44.1. The molecule has 356 valence electrons. The summed E-state index contributed by atoms with van der Waals surface area (Å²) in [5.74, 6) is -1.37. The molecule has 0 bridgehead atoms. The summed E-state index contributed by atoms with van der Waals surface area (Å²) in [4.78, 5) is 59.1. The van der Waals surface area contributed by atoms with Crippen LogP contribution in [0.3, 0.4) is 0 Å². The number of carbonyl (C=O) groups excluding carboxylic acids is 4. The van der Waals surface area contributed by atoms with Gasteiger partial charge in [-0.25, -0.2) is 4.57 Å². The summed E-state index contributed by atoms with van der Waals surface area (Å²) in [6.07, 6.45) is 39.1. The van der Waals surface area contributed by atoms with Crippen molar-refractivity contribution in [3.63, 3.8) is 0 Å². The number of phosphoric acid groups is 1. The van der Waals surface area contributed by atoms with Crippen LogP contribution >= 0.6 is 7.82 Å². The van der Waals surface area contributed by atoms with Crippen LogP contribution in [0.4, 0.5) is 0 Å². The minimum absolute atomic E-state index is 0.0454. The van der Waals surface area contributed by atoms with E-state index in [1.807, 2.05) is 6.92 Å². The van der Waals surface area contributed by atoms with Gasteiger partial charge in [0.25, 0.3) is 0 Å². The Morgan fingerprint density at radius 2 is 0.934 bits per heavy atom. The smallest absolute Gasteiger partial charge is 0.462 e. The lowest BCUT2D eigenvalue weighted by Gasteiger charge is -2.20. The average Bonchev–Trinajstić information content (AvgIpc) is 3.23. The minimum atomic E-state index is -4.58. The van der Waals surface area contributed by atoms with Crippen LogP contribution in [0.5, 0.6) is 0 Å². The van der Waals surface area contributed by atoms with Gasteiger partial charge in [0.2, 0.25) is 11.8 Å². The Morgan fingerprint density at radius 3 is 1.41 bits per heavy atom. The molecule has 0 saturated carbocycles. The molecule has 2 amide bonds. The Hall–Kier alpha value is -2.53. The largest absolute Gasteiger partial charge is 0.472 e. The molecule has 2 unspecified atom stereocenters. The van der Waals surface area contributed by atoms with E-state index in [4.69, 9.17) is 18.5 Å². The fraction of sp³-hybridized carbons (Fsp3) is 0.833. The number of ether oxygens (including phenoxy) is 2. The van der Waals surface area contributed by atoms with E-state index >= 15 is 0 Å². The first-order valence-corrected chi connectivity index (χ1v) is 25.9. The standard InChI is InChI=1S/C48H89N2O10P/c1-4-7-9-11-13-15-17-19-21-23-25-27-29-31-33-38-47(53)57-42-44(43-59-61(55,56)58-41-40-50-46(52)37-35-36-45(51)49-6-3)60-48(54)39-34-32-30-28-26-24-22-20-18-16-14-12-10-8-5-2/h19-22,44H,4-18,23-43H2,1-3H3,(H,49,51)(H,50,52)(H,55,56). The summed E-state index contributed by atoms with van der Waals surface area (Å²) in [7, 11) is -4.58. The number of hydrogen-bond acceptors (Lipinski definition) is 9. The zero-order chi connectivity index (χ0) is 44.9. The number of nitrogens with one attached hydrogen (secondary N) is 2. The summed E-state index contributed by atoms with van der Waals surface area (Å²) in [6.45, 7) is 5.65. The molecule has 0 saturated heterocycles. The third-order valence-corrected chi connectivity index (χ3v) is 11.3. The molecule has 2 atom stereocenters. The summed E-state index contributed by atoms with van der Waals surface area (Å²) in [6, 6.07) is 0. The molecule has 0 radical (unpaired) electrons. The number of esters is 2. The van der Waals surface area contributed by atoms with Crippen molar-refractivity contribution >= 4 is 31.6 Å². The van der Waals surface area contributed by atoms with E-state index in [0.29, 0.717) is 25.8 Å². The zero-order valence-electron chi connectivity index (χ0n) is 38.9. The van der Waals surface area contributed by atoms with E-state index in [0.717, 1.165) is 77.0 Å². The summed E-state index contributed by atoms with van der Waals surface area (Å²) >= 11 is 0. The van der Waals surface area contributed by atoms with Gasteiger partial charge in [0, 0.05) is 38.8 Å². The van der Waals surface area contributed by atoms with Crippen molar-refractivity contribution in [3.05, 3.63) is 24.3 Å². The normalized spacial score (nSPS) is 13.0. The fourth-order valence-corrected chi connectivity index (χ4v) is 7.40. The van der Waals surface area contributed by atoms with E-state index < -0.39 is 32.5 Å². The molecule has 0 aromatic heterocycles. The van der Waals surface area contributed by atoms with Crippen LogP contribution in [0.1, 0.15) is 220 Å². The molecule has 3 N–H and O–H groups in total. The maximum absolute atomic E-state index is 12.7. The van der Waals surface area contributed by atoms with Crippen LogP contribution < -0.4 is 10.6 Å². The number of carbonyl (C=O) groups is 4. The molecule has 0 aliphatic carbocycles. The quantitative estimate of drug-likeness (QED) is 0.0232. The van der Waals surface area contributed by atoms with Crippen molar-refractivity contribution in [1.29, 1.82) is 0 Å². The van der Waals surface area contributed by atoms with Crippen LogP contribution in [-0.4, -0.2) is 67.7 Å². The first kappa shape index (κ1) is 58.5. The van der Waals surface area contributed by atoms with E-state index in [1.54, 1.807) is 0 Å². The fourth-order valence-electron chi connectivity index (χ4n) is 6.65. The van der Waals surface area contributed by atoms with Crippen LogP contribution in [0.2, 0.25) is 0 Å². The minimum Gasteiger partial charge on any atom is -0.462 e. The molecule has 0 aliphatic heterocycles. The van der Waals surface area contributed by atoms with Gasteiger partial charge in [-0.2, -0.15) is 0 Å². The van der Waals surface area contributed by atoms with Crippen molar-refractivity contribution in [1.82, 2.24) is 10.6 Å². The Kier molecular flexibility index (Phi) is 42.3. The van der Waals surface area contributed by atoms with Crippen molar-refractivity contribution < 1.29 is 47.2 Å². The molecular formula is C48H89N2O10P. The van der Waals surface area contributed by atoms with Crippen LogP contribution in [0.25, 0.3) is 0 Å². The average molecular weight is 885 g/mol. The third-order valence-electron chi connectivity index (χ3n) is 10.3. The first-order valence-electron chi connectivity index (χ1n) is 24.4. The molecule has 0 heterocycles.